The van der Waals surface area contributed by atoms with Crippen LogP contribution in [-0.2, 0) is 14.3 Å². The minimum absolute atomic E-state index is 0.101. The lowest BCUT2D eigenvalue weighted by Gasteiger charge is -2.30. The van der Waals surface area contributed by atoms with Gasteiger partial charge in [0.2, 0.25) is 5.91 Å². The van der Waals surface area contributed by atoms with Crippen LogP contribution < -0.4 is 5.32 Å². The first-order valence-electron chi connectivity index (χ1n) is 6.11. The monoisotopic (exact) mass is 253 g/mol. The lowest BCUT2D eigenvalue weighted by Crippen LogP contribution is -2.44. The third-order valence-corrected chi connectivity index (χ3v) is 2.97. The Labute approximate surface area is 107 Å². The predicted molar refractivity (Wildman–Crippen MR) is 64.4 cm³/mol. The zero-order valence-electron chi connectivity index (χ0n) is 10.6. The predicted octanol–water partition coefficient (Wildman–Crippen LogP) is -0.0987. The third-order valence-electron chi connectivity index (χ3n) is 2.97. The van der Waals surface area contributed by atoms with Crippen molar-refractivity contribution >= 4 is 11.9 Å². The molecule has 1 saturated heterocycles. The van der Waals surface area contributed by atoms with Gasteiger partial charge in [-0.1, -0.05) is 0 Å². The van der Waals surface area contributed by atoms with Gasteiger partial charge in [-0.25, -0.2) is 0 Å². The molecule has 0 saturated carbocycles. The lowest BCUT2D eigenvalue weighted by atomic mass is 9.98. The summed E-state index contributed by atoms with van der Waals surface area (Å²) in [6, 6.07) is 1.97. The smallest absolute Gasteiger partial charge is 0.309 e. The quantitative estimate of drug-likeness (QED) is 0.546. The highest BCUT2D eigenvalue weighted by Crippen LogP contribution is 2.17. The van der Waals surface area contributed by atoms with Crippen LogP contribution in [0.2, 0.25) is 0 Å². The van der Waals surface area contributed by atoms with Crippen LogP contribution in [0.3, 0.4) is 0 Å². The Hall–Kier alpha value is -1.61. The number of likely N-dealkylation sites (tertiary alicyclic amines) is 1. The van der Waals surface area contributed by atoms with Gasteiger partial charge in [0.15, 0.2) is 0 Å². The van der Waals surface area contributed by atoms with Crippen molar-refractivity contribution in [3.63, 3.8) is 0 Å². The number of nitrogens with one attached hydrogen (secondary N) is 1. The largest absolute Gasteiger partial charge is 0.469 e. The maximum absolute atomic E-state index is 11.6. The summed E-state index contributed by atoms with van der Waals surface area (Å²) in [7, 11) is 1.38. The van der Waals surface area contributed by atoms with E-state index in [4.69, 9.17) is 10.00 Å². The summed E-state index contributed by atoms with van der Waals surface area (Å²) in [4.78, 5) is 24.9. The van der Waals surface area contributed by atoms with Crippen LogP contribution in [-0.4, -0.2) is 50.1 Å². The van der Waals surface area contributed by atoms with Gasteiger partial charge in [-0.3, -0.25) is 14.5 Å². The Kier molecular flexibility index (Phi) is 6.15. The number of piperidine rings is 1. The van der Waals surface area contributed by atoms with Crippen LogP contribution in [0.25, 0.3) is 0 Å². The van der Waals surface area contributed by atoms with Crippen LogP contribution in [0, 0.1) is 17.2 Å². The molecule has 1 N–H and O–H groups in total. The van der Waals surface area contributed by atoms with Gasteiger partial charge in [0, 0.05) is 13.1 Å². The summed E-state index contributed by atoms with van der Waals surface area (Å²) < 4.78 is 4.72. The molecule has 1 aliphatic rings. The second-order valence-electron chi connectivity index (χ2n) is 4.36. The molecule has 0 aromatic heterocycles. The first-order chi connectivity index (χ1) is 8.67. The average molecular weight is 253 g/mol. The molecule has 1 unspecified atom stereocenters. The van der Waals surface area contributed by atoms with Crippen LogP contribution in [0.5, 0.6) is 0 Å². The van der Waals surface area contributed by atoms with Gasteiger partial charge in [-0.2, -0.15) is 5.26 Å². The number of methoxy groups -OCH3 is 1. The van der Waals surface area contributed by atoms with E-state index >= 15 is 0 Å². The van der Waals surface area contributed by atoms with Gasteiger partial charge in [0.05, 0.1) is 32.1 Å². The molecule has 100 valence electrons. The van der Waals surface area contributed by atoms with E-state index in [1.165, 1.54) is 7.11 Å². The molecule has 0 radical (unpaired) electrons. The minimum Gasteiger partial charge on any atom is -0.469 e. The Morgan fingerprint density at radius 3 is 3.00 bits per heavy atom. The van der Waals surface area contributed by atoms with Gasteiger partial charge >= 0.3 is 5.97 Å². The summed E-state index contributed by atoms with van der Waals surface area (Å²) in [5.41, 5.74) is 0. The highest BCUT2D eigenvalue weighted by molar-refractivity contribution is 5.78. The summed E-state index contributed by atoms with van der Waals surface area (Å²) in [6.07, 6.45) is 2.03. The fourth-order valence-corrected chi connectivity index (χ4v) is 2.08. The number of ether oxygens (including phenoxy) is 1. The molecule has 1 aliphatic heterocycles. The summed E-state index contributed by atoms with van der Waals surface area (Å²) in [5.74, 6) is -0.434. The number of carbonyl (C=O) groups is 2. The molecule has 18 heavy (non-hydrogen) atoms. The number of carbonyl (C=O) groups excluding carboxylic acids is 2. The second kappa shape index (κ2) is 7.67. The molecule has 1 fully saturated rings. The Morgan fingerprint density at radius 2 is 2.33 bits per heavy atom. The van der Waals surface area contributed by atoms with Crippen molar-refractivity contribution < 1.29 is 14.3 Å². The van der Waals surface area contributed by atoms with Gasteiger partial charge < -0.3 is 10.1 Å². The van der Waals surface area contributed by atoms with Crippen molar-refractivity contribution in [3.05, 3.63) is 0 Å². The summed E-state index contributed by atoms with van der Waals surface area (Å²) in [6.45, 7) is 2.04. The molecule has 0 aliphatic carbocycles. The lowest BCUT2D eigenvalue weighted by molar-refractivity contribution is -0.147. The SMILES string of the molecule is COC(=O)C1CCCN(CC(=O)NCCC#N)C1. The van der Waals surface area contributed by atoms with Gasteiger partial charge in [-0.05, 0) is 19.4 Å². The van der Waals surface area contributed by atoms with E-state index in [1.807, 2.05) is 11.0 Å². The fourth-order valence-electron chi connectivity index (χ4n) is 2.08. The molecular formula is C12H19N3O3. The van der Waals surface area contributed by atoms with E-state index in [0.29, 0.717) is 19.5 Å². The minimum atomic E-state index is -0.204. The van der Waals surface area contributed by atoms with Crippen LogP contribution in [0.15, 0.2) is 0 Å². The molecule has 0 aromatic rings. The molecule has 6 nitrogen and oxygen atoms in total. The maximum Gasteiger partial charge on any atom is 0.309 e. The van der Waals surface area contributed by atoms with Crippen LogP contribution in [0.4, 0.5) is 0 Å². The zero-order valence-corrected chi connectivity index (χ0v) is 10.6. The number of rotatable bonds is 5. The topological polar surface area (TPSA) is 82.4 Å². The Morgan fingerprint density at radius 1 is 1.56 bits per heavy atom. The molecule has 1 amide bonds. The first-order valence-corrected chi connectivity index (χ1v) is 6.11. The summed E-state index contributed by atoms with van der Waals surface area (Å²) >= 11 is 0. The van der Waals surface area contributed by atoms with E-state index in [1.54, 1.807) is 0 Å². The number of nitriles is 1. The maximum atomic E-state index is 11.6. The Balaban J connectivity index is 2.31. The van der Waals surface area contributed by atoms with E-state index in [9.17, 15) is 9.59 Å². The number of esters is 1. The van der Waals surface area contributed by atoms with Crippen molar-refractivity contribution in [1.29, 1.82) is 5.26 Å². The second-order valence-corrected chi connectivity index (χ2v) is 4.36. The standard InChI is InChI=1S/C12H19N3O3/c1-18-12(17)10-4-2-7-15(8-10)9-11(16)14-6-3-5-13/h10H,2-4,6-9H2,1H3,(H,14,16). The Bertz CT molecular complexity index is 338. The van der Waals surface area contributed by atoms with Crippen molar-refractivity contribution in [2.45, 2.75) is 19.3 Å². The third kappa shape index (κ3) is 4.72. The first kappa shape index (κ1) is 14.5. The van der Waals surface area contributed by atoms with Crippen molar-refractivity contribution in [3.8, 4) is 6.07 Å². The van der Waals surface area contributed by atoms with Crippen LogP contribution >= 0.6 is 0 Å². The fraction of sp³-hybridized carbons (Fsp3) is 0.750. The highest BCUT2D eigenvalue weighted by Gasteiger charge is 2.27. The van der Waals surface area contributed by atoms with Gasteiger partial charge in [0.25, 0.3) is 0 Å². The van der Waals surface area contributed by atoms with Crippen molar-refractivity contribution in [2.75, 3.05) is 33.3 Å². The molecule has 1 heterocycles. The zero-order chi connectivity index (χ0) is 13.4. The van der Waals surface area contributed by atoms with Crippen molar-refractivity contribution in [2.24, 2.45) is 5.92 Å². The number of hydrogen-bond donors (Lipinski definition) is 1. The number of hydrogen-bond acceptors (Lipinski definition) is 5. The molecule has 0 spiro atoms. The number of nitrogens with zero attached hydrogens (tertiary/aromatic N) is 2. The average Bonchev–Trinajstić information content (AvgIpc) is 2.38. The van der Waals surface area contributed by atoms with E-state index in [0.717, 1.165) is 19.4 Å². The van der Waals surface area contributed by atoms with E-state index < -0.39 is 0 Å². The molecule has 1 atom stereocenters. The van der Waals surface area contributed by atoms with E-state index in [-0.39, 0.29) is 24.3 Å². The van der Waals surface area contributed by atoms with E-state index in [2.05, 4.69) is 5.32 Å². The molecule has 0 bridgehead atoms. The number of amides is 1. The molecule has 0 aromatic carbocycles. The molecule has 6 heteroatoms. The molecule has 1 rings (SSSR count). The van der Waals surface area contributed by atoms with Crippen molar-refractivity contribution in [1.82, 2.24) is 10.2 Å². The molecular weight excluding hydrogens is 234 g/mol. The summed E-state index contributed by atoms with van der Waals surface area (Å²) in [5, 5.41) is 11.0. The normalized spacial score (nSPS) is 19.9. The van der Waals surface area contributed by atoms with Gasteiger partial charge in [0.1, 0.15) is 0 Å². The highest BCUT2D eigenvalue weighted by atomic mass is 16.5. The van der Waals surface area contributed by atoms with Gasteiger partial charge in [-0.15, -0.1) is 0 Å². The van der Waals surface area contributed by atoms with Crippen LogP contribution in [0.1, 0.15) is 19.3 Å².